The largest absolute Gasteiger partial charge is 0.388 e. The van der Waals surface area contributed by atoms with E-state index in [9.17, 15) is 9.90 Å². The number of carbonyl (C=O) groups excluding carboxylic acids is 1. The highest BCUT2D eigenvalue weighted by Gasteiger charge is 2.14. The highest BCUT2D eigenvalue weighted by atomic mass is 32.2. The molecule has 0 saturated carbocycles. The number of carbonyl (C=O) groups is 1. The maximum Gasteiger partial charge on any atom is 0.319 e. The van der Waals surface area contributed by atoms with Gasteiger partial charge < -0.3 is 15.7 Å². The minimum absolute atomic E-state index is 0.143. The lowest BCUT2D eigenvalue weighted by Crippen LogP contribution is -2.37. The third kappa shape index (κ3) is 5.62. The first-order chi connectivity index (χ1) is 11.1. The summed E-state index contributed by atoms with van der Waals surface area (Å²) < 4.78 is 0. The second kappa shape index (κ2) is 8.60. The fourth-order valence-corrected chi connectivity index (χ4v) is 2.68. The summed E-state index contributed by atoms with van der Waals surface area (Å²) in [6, 6.07) is 16.7. The fourth-order valence-electron chi connectivity index (χ4n) is 2.27. The van der Waals surface area contributed by atoms with Crippen molar-refractivity contribution in [2.45, 2.75) is 30.4 Å². The van der Waals surface area contributed by atoms with Crippen LogP contribution in [0.2, 0.25) is 0 Å². The quantitative estimate of drug-likeness (QED) is 0.701. The number of thioether (sulfide) groups is 1. The number of amides is 2. The number of aliphatic hydroxyl groups is 1. The Kier molecular flexibility index (Phi) is 6.50. The Morgan fingerprint density at radius 3 is 2.39 bits per heavy atom. The van der Waals surface area contributed by atoms with E-state index >= 15 is 0 Å². The van der Waals surface area contributed by atoms with Crippen LogP contribution in [0.15, 0.2) is 59.5 Å². The van der Waals surface area contributed by atoms with Gasteiger partial charge in [0, 0.05) is 16.6 Å². The summed E-state index contributed by atoms with van der Waals surface area (Å²) in [5, 5.41) is 15.8. The molecule has 0 aliphatic heterocycles. The topological polar surface area (TPSA) is 61.4 Å². The lowest BCUT2D eigenvalue weighted by molar-refractivity contribution is 0.155. The Hall–Kier alpha value is -1.98. The van der Waals surface area contributed by atoms with Crippen LogP contribution in [0.25, 0.3) is 0 Å². The van der Waals surface area contributed by atoms with E-state index in [4.69, 9.17) is 0 Å². The number of aliphatic hydroxyl groups excluding tert-OH is 1. The van der Waals surface area contributed by atoms with Crippen LogP contribution in [0.5, 0.6) is 0 Å². The van der Waals surface area contributed by atoms with Gasteiger partial charge in [0.05, 0.1) is 6.10 Å². The molecule has 3 N–H and O–H groups in total. The standard InChI is InChI=1S/C18H22N2O2S/c1-13(12-17(21)14-6-4-3-5-7-14)19-18(22)20-15-8-10-16(23-2)11-9-15/h3-11,13,17,21H,12H2,1-2H3,(H2,19,20,22). The molecule has 0 aromatic heterocycles. The molecule has 0 spiro atoms. The van der Waals surface area contributed by atoms with Gasteiger partial charge in [-0.1, -0.05) is 30.3 Å². The average Bonchev–Trinajstić information content (AvgIpc) is 2.56. The average molecular weight is 330 g/mol. The van der Waals surface area contributed by atoms with Crippen LogP contribution in [-0.2, 0) is 0 Å². The molecule has 23 heavy (non-hydrogen) atoms. The fraction of sp³-hybridized carbons (Fsp3) is 0.278. The Morgan fingerprint density at radius 2 is 1.78 bits per heavy atom. The summed E-state index contributed by atoms with van der Waals surface area (Å²) in [7, 11) is 0. The molecule has 0 fully saturated rings. The highest BCUT2D eigenvalue weighted by Crippen LogP contribution is 2.19. The van der Waals surface area contributed by atoms with E-state index in [2.05, 4.69) is 10.6 Å². The van der Waals surface area contributed by atoms with Crippen molar-refractivity contribution in [1.82, 2.24) is 5.32 Å². The van der Waals surface area contributed by atoms with Gasteiger partial charge in [-0.25, -0.2) is 4.79 Å². The zero-order valence-electron chi connectivity index (χ0n) is 13.3. The van der Waals surface area contributed by atoms with Crippen molar-refractivity contribution < 1.29 is 9.90 Å². The van der Waals surface area contributed by atoms with E-state index in [1.807, 2.05) is 67.8 Å². The Morgan fingerprint density at radius 1 is 1.13 bits per heavy atom. The summed E-state index contributed by atoms with van der Waals surface area (Å²) in [6.07, 6.45) is 1.88. The molecule has 2 rings (SSSR count). The molecule has 2 amide bonds. The van der Waals surface area contributed by atoms with Crippen LogP contribution in [0, 0.1) is 0 Å². The summed E-state index contributed by atoms with van der Waals surface area (Å²) in [4.78, 5) is 13.1. The molecule has 4 nitrogen and oxygen atoms in total. The van der Waals surface area contributed by atoms with Gasteiger partial charge in [0.15, 0.2) is 0 Å². The van der Waals surface area contributed by atoms with E-state index < -0.39 is 6.10 Å². The van der Waals surface area contributed by atoms with E-state index in [0.717, 1.165) is 16.1 Å². The van der Waals surface area contributed by atoms with Crippen LogP contribution < -0.4 is 10.6 Å². The number of hydrogen-bond acceptors (Lipinski definition) is 3. The third-order valence-electron chi connectivity index (χ3n) is 3.49. The van der Waals surface area contributed by atoms with Crippen LogP contribution in [0.4, 0.5) is 10.5 Å². The molecule has 2 atom stereocenters. The van der Waals surface area contributed by atoms with E-state index in [1.54, 1.807) is 11.8 Å². The van der Waals surface area contributed by atoms with Crippen LogP contribution in [0.1, 0.15) is 25.0 Å². The number of urea groups is 1. The van der Waals surface area contributed by atoms with Gasteiger partial charge in [0.1, 0.15) is 0 Å². The highest BCUT2D eigenvalue weighted by molar-refractivity contribution is 7.98. The van der Waals surface area contributed by atoms with Crippen LogP contribution >= 0.6 is 11.8 Å². The molecule has 0 heterocycles. The molecule has 2 unspecified atom stereocenters. The van der Waals surface area contributed by atoms with Crippen molar-refractivity contribution in [2.75, 3.05) is 11.6 Å². The molecule has 0 aliphatic carbocycles. The van der Waals surface area contributed by atoms with Gasteiger partial charge in [-0.15, -0.1) is 11.8 Å². The van der Waals surface area contributed by atoms with Crippen molar-refractivity contribution in [3.05, 3.63) is 60.2 Å². The van der Waals surface area contributed by atoms with Gasteiger partial charge in [0.2, 0.25) is 0 Å². The van der Waals surface area contributed by atoms with Crippen LogP contribution in [0.3, 0.4) is 0 Å². The minimum Gasteiger partial charge on any atom is -0.388 e. The normalized spacial score (nSPS) is 13.2. The summed E-state index contributed by atoms with van der Waals surface area (Å²) >= 11 is 1.66. The molecule has 122 valence electrons. The first-order valence-corrected chi connectivity index (χ1v) is 8.75. The van der Waals surface area contributed by atoms with Gasteiger partial charge in [-0.2, -0.15) is 0 Å². The van der Waals surface area contributed by atoms with Crippen molar-refractivity contribution in [1.29, 1.82) is 0 Å². The monoisotopic (exact) mass is 330 g/mol. The van der Waals surface area contributed by atoms with Crippen molar-refractivity contribution in [2.24, 2.45) is 0 Å². The molecular formula is C18H22N2O2S. The lowest BCUT2D eigenvalue weighted by Gasteiger charge is -2.18. The van der Waals surface area contributed by atoms with E-state index in [-0.39, 0.29) is 12.1 Å². The predicted molar refractivity (Wildman–Crippen MR) is 95.9 cm³/mol. The smallest absolute Gasteiger partial charge is 0.319 e. The van der Waals surface area contributed by atoms with E-state index in [1.165, 1.54) is 0 Å². The lowest BCUT2D eigenvalue weighted by atomic mass is 10.0. The summed E-state index contributed by atoms with van der Waals surface area (Å²) in [5.74, 6) is 0. The first kappa shape index (κ1) is 17.4. The summed E-state index contributed by atoms with van der Waals surface area (Å²) in [6.45, 7) is 1.88. The number of hydrogen-bond donors (Lipinski definition) is 3. The Labute approximate surface area is 141 Å². The SMILES string of the molecule is CSc1ccc(NC(=O)NC(C)CC(O)c2ccccc2)cc1. The molecule has 0 aliphatic rings. The molecule has 0 saturated heterocycles. The number of benzene rings is 2. The molecule has 0 radical (unpaired) electrons. The van der Waals surface area contributed by atoms with Crippen LogP contribution in [-0.4, -0.2) is 23.4 Å². The molecular weight excluding hydrogens is 308 g/mol. The molecule has 5 heteroatoms. The Bertz CT molecular complexity index is 617. The third-order valence-corrected chi connectivity index (χ3v) is 4.23. The second-order valence-corrected chi connectivity index (χ2v) is 6.27. The number of anilines is 1. The molecule has 0 bridgehead atoms. The van der Waals surface area contributed by atoms with Gasteiger partial charge in [-0.05, 0) is 49.4 Å². The first-order valence-electron chi connectivity index (χ1n) is 7.53. The molecule has 2 aromatic rings. The van der Waals surface area contributed by atoms with Crippen molar-refractivity contribution in [3.8, 4) is 0 Å². The van der Waals surface area contributed by atoms with Crippen molar-refractivity contribution >= 4 is 23.5 Å². The maximum absolute atomic E-state index is 12.0. The number of rotatable bonds is 6. The zero-order chi connectivity index (χ0) is 16.7. The summed E-state index contributed by atoms with van der Waals surface area (Å²) in [5.41, 5.74) is 1.60. The molecule has 2 aromatic carbocycles. The van der Waals surface area contributed by atoms with E-state index in [0.29, 0.717) is 6.42 Å². The number of nitrogens with one attached hydrogen (secondary N) is 2. The predicted octanol–water partition coefficient (Wildman–Crippen LogP) is 4.04. The van der Waals surface area contributed by atoms with Gasteiger partial charge in [-0.3, -0.25) is 0 Å². The maximum atomic E-state index is 12.0. The van der Waals surface area contributed by atoms with Crippen molar-refractivity contribution in [3.63, 3.8) is 0 Å². The zero-order valence-corrected chi connectivity index (χ0v) is 14.1. The van der Waals surface area contributed by atoms with Gasteiger partial charge in [0.25, 0.3) is 0 Å². The second-order valence-electron chi connectivity index (χ2n) is 5.39. The Balaban J connectivity index is 1.82. The minimum atomic E-state index is -0.590. The van der Waals surface area contributed by atoms with Gasteiger partial charge >= 0.3 is 6.03 Å².